The minimum absolute atomic E-state index is 0.119. The molecule has 1 amide bonds. The molecule has 0 aliphatic carbocycles. The Morgan fingerprint density at radius 2 is 1.91 bits per heavy atom. The highest BCUT2D eigenvalue weighted by molar-refractivity contribution is 7.89. The summed E-state index contributed by atoms with van der Waals surface area (Å²) in [4.78, 5) is 12.9. The summed E-state index contributed by atoms with van der Waals surface area (Å²) in [6.07, 6.45) is 3.05. The Labute approximate surface area is 194 Å². The average molecular weight is 470 g/mol. The van der Waals surface area contributed by atoms with Gasteiger partial charge in [0.05, 0.1) is 22.6 Å². The van der Waals surface area contributed by atoms with E-state index in [1.165, 1.54) is 28.6 Å². The van der Waals surface area contributed by atoms with Crippen LogP contribution in [0.25, 0.3) is 0 Å². The van der Waals surface area contributed by atoms with Gasteiger partial charge in [-0.25, -0.2) is 8.42 Å². The van der Waals surface area contributed by atoms with E-state index in [4.69, 9.17) is 14.7 Å². The van der Waals surface area contributed by atoms with E-state index < -0.39 is 10.0 Å². The summed E-state index contributed by atoms with van der Waals surface area (Å²) in [5.74, 6) is 0.280. The van der Waals surface area contributed by atoms with E-state index in [9.17, 15) is 13.2 Å². The lowest BCUT2D eigenvalue weighted by Gasteiger charge is -2.30. The van der Waals surface area contributed by atoms with Crippen LogP contribution in [0.15, 0.2) is 53.4 Å². The number of hydrogen-bond acceptors (Lipinski definition) is 6. The summed E-state index contributed by atoms with van der Waals surface area (Å²) in [6, 6.07) is 15.1. The number of rotatable bonds is 7. The number of hydrogen-bond donors (Lipinski definition) is 1. The summed E-state index contributed by atoms with van der Waals surface area (Å²) in [7, 11) is -3.65. The molecule has 2 aromatic carbocycles. The fraction of sp³-hybridized carbons (Fsp3) is 0.417. The normalized spacial score (nSPS) is 19.7. The number of amides is 1. The fourth-order valence-corrected chi connectivity index (χ4v) is 5.55. The molecule has 1 unspecified atom stereocenters. The van der Waals surface area contributed by atoms with E-state index in [0.29, 0.717) is 36.4 Å². The highest BCUT2D eigenvalue weighted by atomic mass is 32.2. The largest absolute Gasteiger partial charge is 0.491 e. The van der Waals surface area contributed by atoms with Gasteiger partial charge in [-0.3, -0.25) is 4.79 Å². The molecule has 0 aromatic heterocycles. The molecule has 0 radical (unpaired) electrons. The van der Waals surface area contributed by atoms with Crippen LogP contribution in [0.1, 0.15) is 31.2 Å². The van der Waals surface area contributed by atoms with Gasteiger partial charge in [-0.05, 0) is 62.1 Å². The van der Waals surface area contributed by atoms with Gasteiger partial charge in [0.15, 0.2) is 0 Å². The van der Waals surface area contributed by atoms with Gasteiger partial charge in [-0.2, -0.15) is 9.57 Å². The molecule has 4 rings (SSSR count). The van der Waals surface area contributed by atoms with Gasteiger partial charge < -0.3 is 14.8 Å². The van der Waals surface area contributed by atoms with E-state index in [0.717, 1.165) is 19.4 Å². The van der Waals surface area contributed by atoms with Crippen LogP contribution in [0.4, 0.5) is 5.69 Å². The summed E-state index contributed by atoms with van der Waals surface area (Å²) < 4.78 is 38.5. The molecular formula is C24H27N3O5S. The van der Waals surface area contributed by atoms with Crippen molar-refractivity contribution in [3.05, 3.63) is 54.1 Å². The van der Waals surface area contributed by atoms with Crippen LogP contribution in [0.5, 0.6) is 5.75 Å². The Kier molecular flexibility index (Phi) is 7.28. The molecule has 2 aliphatic heterocycles. The number of carbonyl (C=O) groups excluding carboxylic acids is 1. The van der Waals surface area contributed by atoms with Crippen LogP contribution in [0, 0.1) is 17.2 Å². The zero-order chi connectivity index (χ0) is 23.3. The van der Waals surface area contributed by atoms with Gasteiger partial charge in [0.1, 0.15) is 12.4 Å². The van der Waals surface area contributed by atoms with Gasteiger partial charge >= 0.3 is 0 Å². The molecule has 1 N–H and O–H groups in total. The van der Waals surface area contributed by atoms with Gasteiger partial charge in [0.25, 0.3) is 0 Å². The molecule has 2 fully saturated rings. The van der Waals surface area contributed by atoms with Crippen LogP contribution in [0.3, 0.4) is 0 Å². The molecule has 8 nitrogen and oxygen atoms in total. The minimum Gasteiger partial charge on any atom is -0.491 e. The molecule has 0 spiro atoms. The molecule has 1 atom stereocenters. The first-order valence-corrected chi connectivity index (χ1v) is 12.6. The van der Waals surface area contributed by atoms with Crippen molar-refractivity contribution in [2.45, 2.75) is 36.7 Å². The molecule has 33 heavy (non-hydrogen) atoms. The van der Waals surface area contributed by atoms with E-state index in [-0.39, 0.29) is 35.9 Å². The second-order valence-electron chi connectivity index (χ2n) is 8.28. The topological polar surface area (TPSA) is 109 Å². The quantitative estimate of drug-likeness (QED) is 0.667. The number of nitrogens with one attached hydrogen (secondary N) is 1. The zero-order valence-corrected chi connectivity index (χ0v) is 19.1. The molecule has 2 saturated heterocycles. The fourth-order valence-electron chi connectivity index (χ4n) is 4.08. The maximum atomic E-state index is 12.9. The van der Waals surface area contributed by atoms with E-state index in [2.05, 4.69) is 5.32 Å². The van der Waals surface area contributed by atoms with Gasteiger partial charge in [0, 0.05) is 37.4 Å². The third-order valence-electron chi connectivity index (χ3n) is 6.01. The number of carbonyl (C=O) groups is 1. The molecule has 0 bridgehead atoms. The molecule has 2 aliphatic rings. The lowest BCUT2D eigenvalue weighted by atomic mass is 9.97. The van der Waals surface area contributed by atoms with Crippen molar-refractivity contribution < 1.29 is 22.7 Å². The Morgan fingerprint density at radius 1 is 1.15 bits per heavy atom. The first-order valence-electron chi connectivity index (χ1n) is 11.1. The van der Waals surface area contributed by atoms with Crippen LogP contribution in [-0.4, -0.2) is 51.0 Å². The average Bonchev–Trinajstić information content (AvgIpc) is 3.37. The van der Waals surface area contributed by atoms with Crippen molar-refractivity contribution in [3.63, 3.8) is 0 Å². The minimum atomic E-state index is -3.65. The van der Waals surface area contributed by atoms with Crippen LogP contribution in [0.2, 0.25) is 0 Å². The molecule has 2 heterocycles. The van der Waals surface area contributed by atoms with Crippen LogP contribution < -0.4 is 10.1 Å². The van der Waals surface area contributed by atoms with E-state index in [1.54, 1.807) is 12.1 Å². The lowest BCUT2D eigenvalue weighted by molar-refractivity contribution is -0.120. The number of anilines is 1. The Morgan fingerprint density at radius 3 is 2.58 bits per heavy atom. The Hall–Kier alpha value is -2.93. The van der Waals surface area contributed by atoms with Crippen molar-refractivity contribution in [3.8, 4) is 11.8 Å². The number of ether oxygens (including phenoxy) is 2. The van der Waals surface area contributed by atoms with Crippen molar-refractivity contribution in [1.29, 1.82) is 5.26 Å². The van der Waals surface area contributed by atoms with Crippen LogP contribution in [-0.2, 0) is 19.6 Å². The predicted octanol–water partition coefficient (Wildman–Crippen LogP) is 3.16. The highest BCUT2D eigenvalue weighted by Gasteiger charge is 2.32. The summed E-state index contributed by atoms with van der Waals surface area (Å²) >= 11 is 0. The molecule has 0 saturated carbocycles. The zero-order valence-electron chi connectivity index (χ0n) is 18.3. The maximum Gasteiger partial charge on any atom is 0.243 e. The van der Waals surface area contributed by atoms with Crippen molar-refractivity contribution in [2.75, 3.05) is 31.6 Å². The SMILES string of the molecule is N#Cc1ccc(S(=O)(=O)N2CCC(C(=O)Nc3cccc(OCC4CCCO4)c3)CC2)cc1. The smallest absolute Gasteiger partial charge is 0.243 e. The predicted molar refractivity (Wildman–Crippen MR) is 122 cm³/mol. The standard InChI is InChI=1S/C24H27N3O5S/c25-16-18-6-8-23(9-7-18)33(29,30)27-12-10-19(11-13-27)24(28)26-20-3-1-4-21(15-20)32-17-22-5-2-14-31-22/h1,3-4,6-9,15,19,22H,2,5,10-14,17H2,(H,26,28). The molecular weight excluding hydrogens is 442 g/mol. The number of piperidine rings is 1. The summed E-state index contributed by atoms with van der Waals surface area (Å²) in [6.45, 7) is 1.80. The van der Waals surface area contributed by atoms with Gasteiger partial charge in [-0.1, -0.05) is 6.07 Å². The molecule has 174 valence electrons. The first kappa shape index (κ1) is 23.2. The molecule has 9 heteroatoms. The number of benzene rings is 2. The van der Waals surface area contributed by atoms with Crippen molar-refractivity contribution in [1.82, 2.24) is 4.31 Å². The van der Waals surface area contributed by atoms with Crippen LogP contribution >= 0.6 is 0 Å². The van der Waals surface area contributed by atoms with Crippen molar-refractivity contribution in [2.24, 2.45) is 5.92 Å². The third kappa shape index (κ3) is 5.71. The first-order chi connectivity index (χ1) is 16.0. The van der Waals surface area contributed by atoms with E-state index in [1.807, 2.05) is 18.2 Å². The summed E-state index contributed by atoms with van der Waals surface area (Å²) in [5.41, 5.74) is 1.06. The molecule has 2 aromatic rings. The number of sulfonamides is 1. The second kappa shape index (κ2) is 10.3. The monoisotopic (exact) mass is 469 g/mol. The van der Waals surface area contributed by atoms with Gasteiger partial charge in [0.2, 0.25) is 15.9 Å². The highest BCUT2D eigenvalue weighted by Crippen LogP contribution is 2.26. The maximum absolute atomic E-state index is 12.9. The Bertz CT molecular complexity index is 1110. The summed E-state index contributed by atoms with van der Waals surface area (Å²) in [5, 5.41) is 11.8. The Balaban J connectivity index is 1.30. The number of nitrogens with zero attached hydrogens (tertiary/aromatic N) is 2. The lowest BCUT2D eigenvalue weighted by Crippen LogP contribution is -2.41. The van der Waals surface area contributed by atoms with Crippen molar-refractivity contribution >= 4 is 21.6 Å². The second-order valence-corrected chi connectivity index (χ2v) is 10.2. The number of nitriles is 1. The van der Waals surface area contributed by atoms with Gasteiger partial charge in [-0.15, -0.1) is 0 Å². The third-order valence-corrected chi connectivity index (χ3v) is 7.92. The van der Waals surface area contributed by atoms with E-state index >= 15 is 0 Å².